The minimum atomic E-state index is -0.0678. The molecule has 1 aromatic carbocycles. The number of hydrogen-bond acceptors (Lipinski definition) is 4. The van der Waals surface area contributed by atoms with Gasteiger partial charge in [0.15, 0.2) is 11.5 Å². The fourth-order valence-corrected chi connectivity index (χ4v) is 1.71. The molecule has 1 aromatic rings. The molecule has 0 spiro atoms. The Morgan fingerprint density at radius 1 is 1.44 bits per heavy atom. The van der Waals surface area contributed by atoms with E-state index in [4.69, 9.17) is 15.2 Å². The van der Waals surface area contributed by atoms with Gasteiger partial charge in [0.1, 0.15) is 0 Å². The van der Waals surface area contributed by atoms with Crippen molar-refractivity contribution < 1.29 is 14.3 Å². The highest BCUT2D eigenvalue weighted by Crippen LogP contribution is 2.32. The molecule has 3 N–H and O–H groups in total. The van der Waals surface area contributed by atoms with E-state index in [1.807, 2.05) is 25.1 Å². The molecule has 1 heterocycles. The fourth-order valence-electron chi connectivity index (χ4n) is 1.71. The molecule has 1 aliphatic heterocycles. The van der Waals surface area contributed by atoms with E-state index < -0.39 is 0 Å². The predicted octanol–water partition coefficient (Wildman–Crippen LogP) is 1.16. The van der Waals surface area contributed by atoms with E-state index in [0.717, 1.165) is 23.5 Å². The summed E-state index contributed by atoms with van der Waals surface area (Å²) in [6.45, 7) is 2.71. The van der Waals surface area contributed by atoms with Gasteiger partial charge < -0.3 is 20.5 Å². The summed E-state index contributed by atoms with van der Waals surface area (Å²) >= 11 is 0. The average molecular weight is 250 g/mol. The summed E-state index contributed by atoms with van der Waals surface area (Å²) in [4.78, 5) is 11.6. The predicted molar refractivity (Wildman–Crippen MR) is 67.3 cm³/mol. The van der Waals surface area contributed by atoms with Crippen LogP contribution in [0, 0.1) is 0 Å². The maximum absolute atomic E-state index is 11.6. The zero-order chi connectivity index (χ0) is 13.0. The van der Waals surface area contributed by atoms with E-state index in [1.54, 1.807) is 0 Å². The number of ether oxygens (including phenoxy) is 2. The van der Waals surface area contributed by atoms with Crippen LogP contribution in [0.2, 0.25) is 0 Å². The third-order valence-corrected chi connectivity index (χ3v) is 2.90. The van der Waals surface area contributed by atoms with Crippen LogP contribution in [0.1, 0.15) is 25.3 Å². The number of carbonyl (C=O) groups excluding carboxylic acids is 1. The maximum atomic E-state index is 11.6. The van der Waals surface area contributed by atoms with Crippen LogP contribution in [0.25, 0.3) is 0 Å². The van der Waals surface area contributed by atoms with Gasteiger partial charge in [0.05, 0.1) is 0 Å². The molecule has 0 aromatic heterocycles. The molecule has 1 aliphatic rings. The van der Waals surface area contributed by atoms with Crippen molar-refractivity contribution in [3.63, 3.8) is 0 Å². The summed E-state index contributed by atoms with van der Waals surface area (Å²) in [5.41, 5.74) is 6.70. The lowest BCUT2D eigenvalue weighted by atomic mass is 10.1. The Bertz CT molecular complexity index is 434. The molecule has 18 heavy (non-hydrogen) atoms. The zero-order valence-corrected chi connectivity index (χ0v) is 10.4. The molecule has 1 amide bonds. The lowest BCUT2D eigenvalue weighted by Crippen LogP contribution is -2.30. The topological polar surface area (TPSA) is 73.6 Å². The van der Waals surface area contributed by atoms with Crippen LogP contribution < -0.4 is 20.5 Å². The molecule has 5 heteroatoms. The monoisotopic (exact) mass is 250 g/mol. The summed E-state index contributed by atoms with van der Waals surface area (Å²) in [6, 6.07) is 5.57. The lowest BCUT2D eigenvalue weighted by Gasteiger charge is -2.09. The smallest absolute Gasteiger partial charge is 0.231 e. The molecule has 1 atom stereocenters. The number of fused-ring (bicyclic) bond motifs is 1. The summed E-state index contributed by atoms with van der Waals surface area (Å²) in [6.07, 6.45) is 1.17. The zero-order valence-electron chi connectivity index (χ0n) is 10.4. The number of amides is 1. The molecule has 2 rings (SSSR count). The van der Waals surface area contributed by atoms with Gasteiger partial charge in [-0.05, 0) is 24.1 Å². The Balaban J connectivity index is 1.85. The third-order valence-electron chi connectivity index (χ3n) is 2.90. The number of hydrogen-bond donors (Lipinski definition) is 2. The second-order valence-electron chi connectivity index (χ2n) is 4.34. The van der Waals surface area contributed by atoms with Crippen LogP contribution in [-0.4, -0.2) is 18.7 Å². The van der Waals surface area contributed by atoms with Gasteiger partial charge in [0.25, 0.3) is 0 Å². The van der Waals surface area contributed by atoms with E-state index >= 15 is 0 Å². The molecule has 0 saturated carbocycles. The van der Waals surface area contributed by atoms with E-state index in [1.165, 1.54) is 0 Å². The summed E-state index contributed by atoms with van der Waals surface area (Å²) in [7, 11) is 0. The second kappa shape index (κ2) is 5.73. The highest BCUT2D eigenvalue weighted by molar-refractivity contribution is 5.76. The van der Waals surface area contributed by atoms with Crippen molar-refractivity contribution >= 4 is 5.91 Å². The molecule has 1 unspecified atom stereocenters. The largest absolute Gasteiger partial charge is 0.454 e. The highest BCUT2D eigenvalue weighted by Gasteiger charge is 2.13. The van der Waals surface area contributed by atoms with Crippen LogP contribution in [-0.2, 0) is 11.3 Å². The van der Waals surface area contributed by atoms with Crippen molar-refractivity contribution in [3.8, 4) is 11.5 Å². The first kappa shape index (κ1) is 12.7. The molecule has 0 fully saturated rings. The minimum Gasteiger partial charge on any atom is -0.454 e. The molecular formula is C13H18N2O3. The Labute approximate surface area is 106 Å². The first-order valence-corrected chi connectivity index (χ1v) is 6.10. The minimum absolute atomic E-state index is 0.0259. The Morgan fingerprint density at radius 2 is 2.22 bits per heavy atom. The van der Waals surface area contributed by atoms with Crippen LogP contribution in [0.4, 0.5) is 0 Å². The molecule has 0 radical (unpaired) electrons. The van der Waals surface area contributed by atoms with E-state index in [2.05, 4.69) is 5.32 Å². The number of nitrogens with one attached hydrogen (secondary N) is 1. The molecule has 5 nitrogen and oxygen atoms in total. The first-order valence-electron chi connectivity index (χ1n) is 6.10. The Hall–Kier alpha value is -1.75. The van der Waals surface area contributed by atoms with Gasteiger partial charge in [-0.15, -0.1) is 0 Å². The Morgan fingerprint density at radius 3 is 3.00 bits per heavy atom. The molecule has 0 bridgehead atoms. The van der Waals surface area contributed by atoms with Gasteiger partial charge in [-0.2, -0.15) is 0 Å². The van der Waals surface area contributed by atoms with Crippen LogP contribution in [0.15, 0.2) is 18.2 Å². The average Bonchev–Trinajstić information content (AvgIpc) is 2.83. The van der Waals surface area contributed by atoms with Crippen LogP contribution >= 0.6 is 0 Å². The van der Waals surface area contributed by atoms with Gasteiger partial charge in [0.2, 0.25) is 12.7 Å². The Kier molecular flexibility index (Phi) is 4.04. The van der Waals surface area contributed by atoms with E-state index in [0.29, 0.717) is 13.0 Å². The van der Waals surface area contributed by atoms with Gasteiger partial charge in [0, 0.05) is 19.0 Å². The third kappa shape index (κ3) is 3.13. The quantitative estimate of drug-likeness (QED) is 0.822. The summed E-state index contributed by atoms with van der Waals surface area (Å²) in [5, 5.41) is 2.84. The van der Waals surface area contributed by atoms with Crippen molar-refractivity contribution in [2.75, 3.05) is 6.79 Å². The standard InChI is InChI=1S/C13H18N2O3/c1-2-10(14)6-13(16)15-7-9-3-4-11-12(5-9)18-8-17-11/h3-5,10H,2,6-8,14H2,1H3,(H,15,16). The van der Waals surface area contributed by atoms with Gasteiger partial charge in [-0.1, -0.05) is 13.0 Å². The van der Waals surface area contributed by atoms with Crippen molar-refractivity contribution in [2.45, 2.75) is 32.4 Å². The normalized spacial score (nSPS) is 14.3. The van der Waals surface area contributed by atoms with Crippen LogP contribution in [0.3, 0.4) is 0 Å². The van der Waals surface area contributed by atoms with E-state index in [9.17, 15) is 4.79 Å². The molecular weight excluding hydrogens is 232 g/mol. The molecule has 98 valence electrons. The molecule has 0 aliphatic carbocycles. The van der Waals surface area contributed by atoms with Gasteiger partial charge >= 0.3 is 0 Å². The van der Waals surface area contributed by atoms with E-state index in [-0.39, 0.29) is 18.7 Å². The maximum Gasteiger partial charge on any atom is 0.231 e. The van der Waals surface area contributed by atoms with Gasteiger partial charge in [-0.25, -0.2) is 0 Å². The van der Waals surface area contributed by atoms with Crippen molar-refractivity contribution in [1.82, 2.24) is 5.32 Å². The SMILES string of the molecule is CCC(N)CC(=O)NCc1ccc2c(c1)OCO2. The summed E-state index contributed by atoms with van der Waals surface area (Å²) in [5.74, 6) is 1.45. The van der Waals surface area contributed by atoms with Crippen molar-refractivity contribution in [2.24, 2.45) is 5.73 Å². The van der Waals surface area contributed by atoms with Crippen molar-refractivity contribution in [3.05, 3.63) is 23.8 Å². The summed E-state index contributed by atoms with van der Waals surface area (Å²) < 4.78 is 10.5. The van der Waals surface area contributed by atoms with Gasteiger partial charge in [-0.3, -0.25) is 4.79 Å². The number of carbonyl (C=O) groups is 1. The fraction of sp³-hybridized carbons (Fsp3) is 0.462. The first-order chi connectivity index (χ1) is 8.69. The second-order valence-corrected chi connectivity index (χ2v) is 4.34. The number of benzene rings is 1. The van der Waals surface area contributed by atoms with Crippen LogP contribution in [0.5, 0.6) is 11.5 Å². The lowest BCUT2D eigenvalue weighted by molar-refractivity contribution is -0.121. The highest BCUT2D eigenvalue weighted by atomic mass is 16.7. The molecule has 0 saturated heterocycles. The van der Waals surface area contributed by atoms with Crippen molar-refractivity contribution in [1.29, 1.82) is 0 Å². The number of nitrogens with two attached hydrogens (primary N) is 1. The number of rotatable bonds is 5.